The van der Waals surface area contributed by atoms with Crippen LogP contribution in [-0.2, 0) is 0 Å². The zero-order valence-electron chi connectivity index (χ0n) is 11.5. The van der Waals surface area contributed by atoms with E-state index in [1.807, 2.05) is 24.5 Å². The Balaban J connectivity index is 1.68. The van der Waals surface area contributed by atoms with Gasteiger partial charge in [-0.25, -0.2) is 9.97 Å². The highest BCUT2D eigenvalue weighted by Gasteiger charge is 2.19. The SMILES string of the molecule is Cc1cc(N2CCN(c3ccccn3)CC2)ncc1Br. The van der Waals surface area contributed by atoms with E-state index >= 15 is 0 Å². The van der Waals surface area contributed by atoms with E-state index in [0.717, 1.165) is 42.3 Å². The summed E-state index contributed by atoms with van der Waals surface area (Å²) in [5.74, 6) is 2.12. The molecule has 0 N–H and O–H groups in total. The van der Waals surface area contributed by atoms with Crippen molar-refractivity contribution >= 4 is 27.6 Å². The van der Waals surface area contributed by atoms with Gasteiger partial charge in [0.2, 0.25) is 0 Å². The van der Waals surface area contributed by atoms with Crippen LogP contribution in [0, 0.1) is 6.92 Å². The van der Waals surface area contributed by atoms with Crippen LogP contribution in [-0.4, -0.2) is 36.1 Å². The van der Waals surface area contributed by atoms with Gasteiger partial charge in [-0.15, -0.1) is 0 Å². The Morgan fingerprint density at radius 2 is 1.70 bits per heavy atom. The van der Waals surface area contributed by atoms with Gasteiger partial charge in [-0.05, 0) is 46.6 Å². The highest BCUT2D eigenvalue weighted by Crippen LogP contribution is 2.22. The van der Waals surface area contributed by atoms with E-state index < -0.39 is 0 Å². The summed E-state index contributed by atoms with van der Waals surface area (Å²) in [4.78, 5) is 13.6. The highest BCUT2D eigenvalue weighted by atomic mass is 79.9. The normalized spacial score (nSPS) is 15.5. The lowest BCUT2D eigenvalue weighted by atomic mass is 10.2. The van der Waals surface area contributed by atoms with Gasteiger partial charge in [-0.2, -0.15) is 0 Å². The second-order valence-corrected chi connectivity index (χ2v) is 5.81. The van der Waals surface area contributed by atoms with Crippen LogP contribution in [0.3, 0.4) is 0 Å². The summed E-state index contributed by atoms with van der Waals surface area (Å²) >= 11 is 3.50. The number of pyridine rings is 2. The van der Waals surface area contributed by atoms with Crippen LogP contribution in [0.5, 0.6) is 0 Å². The Kier molecular flexibility index (Phi) is 3.87. The van der Waals surface area contributed by atoms with Gasteiger partial charge in [0.15, 0.2) is 0 Å². The lowest BCUT2D eigenvalue weighted by molar-refractivity contribution is 0.641. The van der Waals surface area contributed by atoms with Crippen LogP contribution in [0.2, 0.25) is 0 Å². The van der Waals surface area contributed by atoms with Gasteiger partial charge in [-0.1, -0.05) is 6.07 Å². The molecule has 4 nitrogen and oxygen atoms in total. The van der Waals surface area contributed by atoms with Gasteiger partial charge in [0.25, 0.3) is 0 Å². The fourth-order valence-corrected chi connectivity index (χ4v) is 2.62. The minimum absolute atomic E-state index is 0.977. The molecule has 0 radical (unpaired) electrons. The summed E-state index contributed by atoms with van der Waals surface area (Å²) in [6.45, 7) is 6.01. The minimum atomic E-state index is 0.977. The lowest BCUT2D eigenvalue weighted by Gasteiger charge is -2.36. The summed E-state index contributed by atoms with van der Waals surface area (Å²) < 4.78 is 1.06. The molecule has 20 heavy (non-hydrogen) atoms. The number of halogens is 1. The Labute approximate surface area is 127 Å². The number of hydrogen-bond acceptors (Lipinski definition) is 4. The third kappa shape index (κ3) is 2.77. The van der Waals surface area contributed by atoms with Crippen molar-refractivity contribution in [3.05, 3.63) is 46.7 Å². The van der Waals surface area contributed by atoms with Crippen molar-refractivity contribution in [3.8, 4) is 0 Å². The predicted molar refractivity (Wildman–Crippen MR) is 85.3 cm³/mol. The molecule has 1 saturated heterocycles. The van der Waals surface area contributed by atoms with E-state index in [0.29, 0.717) is 0 Å². The first-order valence-corrected chi connectivity index (χ1v) is 7.56. The van der Waals surface area contributed by atoms with Crippen LogP contribution in [0.15, 0.2) is 41.1 Å². The van der Waals surface area contributed by atoms with Crippen molar-refractivity contribution in [2.75, 3.05) is 36.0 Å². The van der Waals surface area contributed by atoms with Crippen LogP contribution in [0.25, 0.3) is 0 Å². The lowest BCUT2D eigenvalue weighted by Crippen LogP contribution is -2.47. The molecule has 1 fully saturated rings. The first kappa shape index (κ1) is 13.4. The van der Waals surface area contributed by atoms with Gasteiger partial charge in [0.1, 0.15) is 11.6 Å². The molecular formula is C15H17BrN4. The molecule has 0 bridgehead atoms. The van der Waals surface area contributed by atoms with E-state index in [9.17, 15) is 0 Å². The molecule has 1 aliphatic rings. The number of rotatable bonds is 2. The zero-order chi connectivity index (χ0) is 13.9. The van der Waals surface area contributed by atoms with E-state index in [1.165, 1.54) is 5.56 Å². The average Bonchev–Trinajstić information content (AvgIpc) is 2.51. The number of hydrogen-bond donors (Lipinski definition) is 0. The van der Waals surface area contributed by atoms with Crippen molar-refractivity contribution in [3.63, 3.8) is 0 Å². The van der Waals surface area contributed by atoms with Crippen LogP contribution >= 0.6 is 15.9 Å². The van der Waals surface area contributed by atoms with Crippen molar-refractivity contribution in [1.29, 1.82) is 0 Å². The molecule has 0 aliphatic carbocycles. The third-order valence-corrected chi connectivity index (χ3v) is 4.44. The molecule has 104 valence electrons. The summed E-state index contributed by atoms with van der Waals surface area (Å²) in [6.07, 6.45) is 3.73. The van der Waals surface area contributed by atoms with Gasteiger partial charge in [0, 0.05) is 43.0 Å². The summed E-state index contributed by atoms with van der Waals surface area (Å²) in [5.41, 5.74) is 1.22. The third-order valence-electron chi connectivity index (χ3n) is 3.61. The molecule has 0 amide bonds. The zero-order valence-corrected chi connectivity index (χ0v) is 13.0. The van der Waals surface area contributed by atoms with E-state index in [4.69, 9.17) is 0 Å². The molecule has 3 heterocycles. The summed E-state index contributed by atoms with van der Waals surface area (Å²) in [7, 11) is 0. The molecule has 0 unspecified atom stereocenters. The smallest absolute Gasteiger partial charge is 0.128 e. The second kappa shape index (κ2) is 5.79. The molecule has 0 spiro atoms. The monoisotopic (exact) mass is 332 g/mol. The van der Waals surface area contributed by atoms with E-state index in [-0.39, 0.29) is 0 Å². The molecule has 0 saturated carbocycles. The average molecular weight is 333 g/mol. The molecule has 5 heteroatoms. The van der Waals surface area contributed by atoms with Crippen molar-refractivity contribution in [1.82, 2.24) is 9.97 Å². The maximum atomic E-state index is 4.51. The van der Waals surface area contributed by atoms with Crippen molar-refractivity contribution in [2.45, 2.75) is 6.92 Å². The number of nitrogens with zero attached hydrogens (tertiary/aromatic N) is 4. The Hall–Kier alpha value is -1.62. The van der Waals surface area contributed by atoms with Gasteiger partial charge < -0.3 is 9.80 Å². The Morgan fingerprint density at radius 3 is 2.30 bits per heavy atom. The first-order chi connectivity index (χ1) is 9.74. The number of anilines is 2. The quantitative estimate of drug-likeness (QED) is 0.846. The van der Waals surface area contributed by atoms with Crippen LogP contribution in [0.4, 0.5) is 11.6 Å². The largest absolute Gasteiger partial charge is 0.353 e. The fraction of sp³-hybridized carbons (Fsp3) is 0.333. The van der Waals surface area contributed by atoms with Crippen LogP contribution in [0.1, 0.15) is 5.56 Å². The summed E-state index contributed by atoms with van der Waals surface area (Å²) in [5, 5.41) is 0. The molecule has 0 atom stereocenters. The van der Waals surface area contributed by atoms with Crippen LogP contribution < -0.4 is 9.80 Å². The van der Waals surface area contributed by atoms with Gasteiger partial charge >= 0.3 is 0 Å². The van der Waals surface area contributed by atoms with E-state index in [1.54, 1.807) is 0 Å². The second-order valence-electron chi connectivity index (χ2n) is 4.95. The standard InChI is InChI=1S/C15H17BrN4/c1-12-10-15(18-11-13(12)16)20-8-6-19(7-9-20)14-4-2-3-5-17-14/h2-5,10-11H,6-9H2,1H3. The highest BCUT2D eigenvalue weighted by molar-refractivity contribution is 9.10. The number of piperazine rings is 1. The summed E-state index contributed by atoms with van der Waals surface area (Å²) in [6, 6.07) is 8.20. The predicted octanol–water partition coefficient (Wildman–Crippen LogP) is 2.87. The first-order valence-electron chi connectivity index (χ1n) is 6.77. The Bertz CT molecular complexity index is 580. The van der Waals surface area contributed by atoms with Crippen molar-refractivity contribution < 1.29 is 0 Å². The maximum absolute atomic E-state index is 4.51. The van der Waals surface area contributed by atoms with E-state index in [2.05, 4.69) is 54.8 Å². The Morgan fingerprint density at radius 1 is 1.00 bits per heavy atom. The fourth-order valence-electron chi connectivity index (χ4n) is 2.40. The van der Waals surface area contributed by atoms with Crippen molar-refractivity contribution in [2.24, 2.45) is 0 Å². The molecular weight excluding hydrogens is 316 g/mol. The minimum Gasteiger partial charge on any atom is -0.353 e. The number of aryl methyl sites for hydroxylation is 1. The molecule has 2 aromatic rings. The molecule has 3 rings (SSSR count). The van der Waals surface area contributed by atoms with Gasteiger partial charge in [0.05, 0.1) is 0 Å². The molecule has 0 aromatic carbocycles. The molecule has 1 aliphatic heterocycles. The topological polar surface area (TPSA) is 32.3 Å². The van der Waals surface area contributed by atoms with Gasteiger partial charge in [-0.3, -0.25) is 0 Å². The molecule has 2 aromatic heterocycles. The maximum Gasteiger partial charge on any atom is 0.128 e. The number of aromatic nitrogens is 2.